The Labute approximate surface area is 180 Å². The van der Waals surface area contributed by atoms with Gasteiger partial charge in [0.15, 0.2) is 0 Å². The quantitative estimate of drug-likeness (QED) is 0.639. The highest BCUT2D eigenvalue weighted by Crippen LogP contribution is 2.64. The van der Waals surface area contributed by atoms with Crippen LogP contribution in [0.1, 0.15) is 63.9 Å². The number of para-hydroxylation sites is 1. The normalized spacial score (nSPS) is 32.5. The molecule has 2 unspecified atom stereocenters. The van der Waals surface area contributed by atoms with E-state index in [1.807, 2.05) is 12.4 Å². The van der Waals surface area contributed by atoms with Crippen LogP contribution in [-0.2, 0) is 16.8 Å². The fourth-order valence-corrected chi connectivity index (χ4v) is 6.96. The van der Waals surface area contributed by atoms with Crippen molar-refractivity contribution in [2.24, 2.45) is 17.3 Å². The third-order valence-corrected chi connectivity index (χ3v) is 7.89. The van der Waals surface area contributed by atoms with Crippen molar-refractivity contribution in [3.63, 3.8) is 0 Å². The van der Waals surface area contributed by atoms with Crippen LogP contribution in [0.15, 0.2) is 35.3 Å². The van der Waals surface area contributed by atoms with E-state index in [2.05, 4.69) is 61.1 Å². The van der Waals surface area contributed by atoms with Crippen molar-refractivity contribution in [3.8, 4) is 0 Å². The molecule has 1 aromatic heterocycles. The fraction of sp³-hybridized carbons (Fsp3) is 0.609. The first-order valence-electron chi connectivity index (χ1n) is 11.0. The summed E-state index contributed by atoms with van der Waals surface area (Å²) in [5, 5.41) is 7.97. The molecular formula is C23H29BrN4O. The average molecular weight is 457 g/mol. The van der Waals surface area contributed by atoms with Crippen LogP contribution < -0.4 is 5.32 Å². The summed E-state index contributed by atoms with van der Waals surface area (Å²) in [4.78, 5) is 18.0. The lowest BCUT2D eigenvalue weighted by molar-refractivity contribution is -0.150. The Morgan fingerprint density at radius 1 is 1.24 bits per heavy atom. The van der Waals surface area contributed by atoms with Crippen LogP contribution in [0.5, 0.6) is 0 Å². The number of unbranched alkanes of at least 4 members (excludes halogenated alkanes) is 1. The van der Waals surface area contributed by atoms with Crippen molar-refractivity contribution in [3.05, 3.63) is 40.9 Å². The van der Waals surface area contributed by atoms with E-state index in [0.29, 0.717) is 16.6 Å². The van der Waals surface area contributed by atoms with E-state index in [1.54, 1.807) is 0 Å². The molecule has 0 saturated heterocycles. The topological polar surface area (TPSA) is 59.8 Å². The van der Waals surface area contributed by atoms with Crippen LogP contribution in [0.25, 0.3) is 0 Å². The third-order valence-electron chi connectivity index (χ3n) is 7.53. The number of carbonyl (C=O) groups excluding carboxylic acids is 1. The molecule has 4 aliphatic rings. The molecule has 0 spiro atoms. The van der Waals surface area contributed by atoms with Gasteiger partial charge >= 0.3 is 0 Å². The highest BCUT2D eigenvalue weighted by Gasteiger charge is 2.61. The first-order chi connectivity index (χ1) is 14.0. The lowest BCUT2D eigenvalue weighted by Gasteiger charge is -2.60. The molecule has 5 nitrogen and oxygen atoms in total. The maximum Gasteiger partial charge on any atom is 0.230 e. The molecule has 4 saturated carbocycles. The van der Waals surface area contributed by atoms with Crippen molar-refractivity contribution >= 4 is 27.5 Å². The number of nitrogens with one attached hydrogen (secondary N) is 1. The summed E-state index contributed by atoms with van der Waals surface area (Å²) in [7, 11) is 0. The van der Waals surface area contributed by atoms with E-state index in [1.165, 1.54) is 12.0 Å². The van der Waals surface area contributed by atoms with Gasteiger partial charge < -0.3 is 5.32 Å². The monoisotopic (exact) mass is 456 g/mol. The first-order valence-corrected chi connectivity index (χ1v) is 11.8. The van der Waals surface area contributed by atoms with E-state index in [4.69, 9.17) is 0 Å². The third kappa shape index (κ3) is 3.33. The van der Waals surface area contributed by atoms with Crippen molar-refractivity contribution in [1.82, 2.24) is 14.8 Å². The Hall–Kier alpha value is -1.69. The average Bonchev–Trinajstić information content (AvgIpc) is 3.13. The number of anilines is 1. The van der Waals surface area contributed by atoms with Gasteiger partial charge in [-0.05, 0) is 90.8 Å². The molecule has 29 heavy (non-hydrogen) atoms. The van der Waals surface area contributed by atoms with E-state index in [-0.39, 0.29) is 16.9 Å². The number of halogens is 1. The summed E-state index contributed by atoms with van der Waals surface area (Å²) in [6, 6.07) is 8.31. The smallest absolute Gasteiger partial charge is 0.230 e. The molecule has 1 aromatic carbocycles. The largest absolute Gasteiger partial charge is 0.325 e. The van der Waals surface area contributed by atoms with Crippen LogP contribution in [0, 0.1) is 17.3 Å². The van der Waals surface area contributed by atoms with Crippen molar-refractivity contribution in [2.45, 2.75) is 70.3 Å². The molecule has 4 fully saturated rings. The second-order valence-electron chi connectivity index (χ2n) is 9.64. The summed E-state index contributed by atoms with van der Waals surface area (Å²) in [6.45, 7) is 2.21. The summed E-state index contributed by atoms with van der Waals surface area (Å²) in [5.74, 6) is 1.44. The molecule has 2 aromatic rings. The Morgan fingerprint density at radius 3 is 2.69 bits per heavy atom. The van der Waals surface area contributed by atoms with Gasteiger partial charge in [-0.25, -0.2) is 9.67 Å². The highest BCUT2D eigenvalue weighted by molar-refractivity contribution is 9.10. The Bertz CT molecular complexity index is 909. The number of amides is 1. The van der Waals surface area contributed by atoms with E-state index in [0.717, 1.165) is 57.1 Å². The van der Waals surface area contributed by atoms with Gasteiger partial charge in [-0.3, -0.25) is 4.79 Å². The molecule has 4 aliphatic carbocycles. The molecular weight excluding hydrogens is 428 g/mol. The van der Waals surface area contributed by atoms with Gasteiger partial charge in [0.25, 0.3) is 0 Å². The van der Waals surface area contributed by atoms with Gasteiger partial charge in [0.1, 0.15) is 6.33 Å². The number of aryl methyl sites for hydroxylation is 1. The minimum atomic E-state index is -0.277. The Morgan fingerprint density at radius 2 is 2.00 bits per heavy atom. The number of rotatable bonds is 6. The second-order valence-corrected chi connectivity index (χ2v) is 10.3. The molecule has 4 bridgehead atoms. The van der Waals surface area contributed by atoms with Gasteiger partial charge in [0, 0.05) is 5.69 Å². The van der Waals surface area contributed by atoms with Crippen LogP contribution in [-0.4, -0.2) is 20.7 Å². The summed E-state index contributed by atoms with van der Waals surface area (Å²) in [6.07, 6.45) is 11.6. The molecule has 6 heteroatoms. The van der Waals surface area contributed by atoms with Gasteiger partial charge in [0.05, 0.1) is 11.0 Å². The number of carbonyl (C=O) groups is 1. The molecule has 1 heterocycles. The van der Waals surface area contributed by atoms with Gasteiger partial charge in [0.2, 0.25) is 10.6 Å². The summed E-state index contributed by atoms with van der Waals surface area (Å²) < 4.78 is 2.70. The molecule has 0 radical (unpaired) electrons. The zero-order valence-electron chi connectivity index (χ0n) is 17.0. The lowest BCUT2D eigenvalue weighted by atomic mass is 9.46. The van der Waals surface area contributed by atoms with Crippen molar-refractivity contribution in [2.75, 3.05) is 5.32 Å². The van der Waals surface area contributed by atoms with E-state index in [9.17, 15) is 4.79 Å². The summed E-state index contributed by atoms with van der Waals surface area (Å²) >= 11 is 3.40. The van der Waals surface area contributed by atoms with Gasteiger partial charge in [-0.15, -0.1) is 5.10 Å². The number of aromatic nitrogens is 3. The van der Waals surface area contributed by atoms with E-state index < -0.39 is 0 Å². The standard InChI is InChI=1S/C23H29BrN4O/c1-2-3-6-18-7-4-5-8-19(18)26-20(29)22-10-16-9-17(11-22)13-23(12-16,14-22)28-15-25-21(24)27-28/h4-5,7-8,15-17H,2-3,6,9-14H2,1H3,(H,26,29). The maximum absolute atomic E-state index is 13.7. The zero-order chi connectivity index (χ0) is 20.1. The Kier molecular flexibility index (Phi) is 4.80. The minimum absolute atomic E-state index is 0.0534. The molecule has 1 amide bonds. The molecule has 1 N–H and O–H groups in total. The van der Waals surface area contributed by atoms with Crippen LogP contribution >= 0.6 is 15.9 Å². The zero-order valence-corrected chi connectivity index (χ0v) is 18.6. The van der Waals surface area contributed by atoms with Crippen LogP contribution in [0.2, 0.25) is 0 Å². The number of hydrogen-bond donors (Lipinski definition) is 1. The van der Waals surface area contributed by atoms with Crippen LogP contribution in [0.3, 0.4) is 0 Å². The predicted molar refractivity (Wildman–Crippen MR) is 116 cm³/mol. The van der Waals surface area contributed by atoms with Crippen LogP contribution in [0.4, 0.5) is 5.69 Å². The number of benzene rings is 1. The molecule has 0 aliphatic heterocycles. The molecule has 6 rings (SSSR count). The van der Waals surface area contributed by atoms with Gasteiger partial charge in [-0.1, -0.05) is 31.5 Å². The van der Waals surface area contributed by atoms with E-state index >= 15 is 0 Å². The molecule has 2 atom stereocenters. The summed E-state index contributed by atoms with van der Waals surface area (Å²) in [5.41, 5.74) is 1.92. The van der Waals surface area contributed by atoms with Crippen molar-refractivity contribution in [1.29, 1.82) is 0 Å². The number of nitrogens with zero attached hydrogens (tertiary/aromatic N) is 3. The minimum Gasteiger partial charge on any atom is -0.325 e. The maximum atomic E-state index is 13.7. The molecule has 154 valence electrons. The Balaban J connectivity index is 1.43. The number of hydrogen-bond acceptors (Lipinski definition) is 3. The highest BCUT2D eigenvalue weighted by atomic mass is 79.9. The SMILES string of the molecule is CCCCc1ccccc1NC(=O)C12CC3CC(C1)CC(n1cnc(Br)n1)(C3)C2. The predicted octanol–water partition coefficient (Wildman–Crippen LogP) is 5.32. The van der Waals surface area contributed by atoms with Gasteiger partial charge in [-0.2, -0.15) is 0 Å². The lowest BCUT2D eigenvalue weighted by Crippen LogP contribution is -2.60. The fourth-order valence-electron chi connectivity index (χ4n) is 6.70. The first kappa shape index (κ1) is 19.3. The van der Waals surface area contributed by atoms with Crippen molar-refractivity contribution < 1.29 is 4.79 Å². The second kappa shape index (κ2) is 7.22.